The van der Waals surface area contributed by atoms with E-state index in [0.717, 1.165) is 10.5 Å². The summed E-state index contributed by atoms with van der Waals surface area (Å²) in [5, 5.41) is 3.23. The Hall–Kier alpha value is -3.29. The number of aromatic nitrogens is 1. The summed E-state index contributed by atoms with van der Waals surface area (Å²) in [6.07, 6.45) is 4.69. The Bertz CT molecular complexity index is 1160. The summed E-state index contributed by atoms with van der Waals surface area (Å²) < 4.78 is 7.03. The van der Waals surface area contributed by atoms with Crippen LogP contribution in [0.1, 0.15) is 17.0 Å². The monoisotopic (exact) mass is 443 g/mol. The molecule has 0 aliphatic carbocycles. The van der Waals surface area contributed by atoms with Gasteiger partial charge < -0.3 is 8.98 Å². The minimum atomic E-state index is -0.790. The lowest BCUT2D eigenvalue weighted by Crippen LogP contribution is -2.53. The number of nitrogens with zero attached hydrogens (tertiary/aromatic N) is 2. The van der Waals surface area contributed by atoms with Crippen molar-refractivity contribution >= 4 is 47.1 Å². The molecule has 30 heavy (non-hydrogen) atoms. The van der Waals surface area contributed by atoms with Gasteiger partial charge in [-0.05, 0) is 48.0 Å². The molecular formula is C21H15Cl2N3O4. The highest BCUT2D eigenvalue weighted by Gasteiger charge is 2.36. The first-order chi connectivity index (χ1) is 14.4. The molecule has 1 saturated heterocycles. The van der Waals surface area contributed by atoms with Gasteiger partial charge in [-0.25, -0.2) is 4.79 Å². The summed E-state index contributed by atoms with van der Waals surface area (Å²) in [6.45, 7) is 0.330. The summed E-state index contributed by atoms with van der Waals surface area (Å²) in [5.74, 6) is -1.02. The molecule has 1 aliphatic rings. The van der Waals surface area contributed by atoms with Crippen molar-refractivity contribution in [3.05, 3.63) is 87.6 Å². The second-order valence-electron chi connectivity index (χ2n) is 6.58. The first kappa shape index (κ1) is 20.0. The van der Waals surface area contributed by atoms with Crippen LogP contribution in [0.3, 0.4) is 0 Å². The number of amides is 4. The van der Waals surface area contributed by atoms with Crippen LogP contribution < -0.4 is 5.32 Å². The van der Waals surface area contributed by atoms with Crippen LogP contribution in [0.2, 0.25) is 10.0 Å². The Kier molecular flexibility index (Phi) is 5.48. The summed E-state index contributed by atoms with van der Waals surface area (Å²) in [5.41, 5.74) is 1.28. The molecule has 4 amide bonds. The SMILES string of the molecule is O=C1NC(=O)N(Cc2ccco2)C(=O)/C1=C\c1cccn1Cc1ccc(Cl)cc1Cl. The van der Waals surface area contributed by atoms with E-state index < -0.39 is 17.8 Å². The van der Waals surface area contributed by atoms with Crippen molar-refractivity contribution in [1.29, 1.82) is 0 Å². The van der Waals surface area contributed by atoms with Crippen molar-refractivity contribution in [2.24, 2.45) is 0 Å². The highest BCUT2D eigenvalue weighted by atomic mass is 35.5. The molecule has 0 bridgehead atoms. The number of imide groups is 2. The third-order valence-electron chi connectivity index (χ3n) is 4.59. The molecule has 9 heteroatoms. The molecule has 0 atom stereocenters. The quantitative estimate of drug-likeness (QED) is 0.475. The zero-order valence-corrected chi connectivity index (χ0v) is 17.0. The van der Waals surface area contributed by atoms with Gasteiger partial charge in [0, 0.05) is 28.5 Å². The maximum Gasteiger partial charge on any atom is 0.331 e. The van der Waals surface area contributed by atoms with Crippen molar-refractivity contribution in [3.8, 4) is 0 Å². The van der Waals surface area contributed by atoms with Gasteiger partial charge in [0.2, 0.25) is 0 Å². The summed E-state index contributed by atoms with van der Waals surface area (Å²) in [7, 11) is 0. The molecule has 3 heterocycles. The van der Waals surface area contributed by atoms with E-state index in [1.54, 1.807) is 42.6 Å². The number of rotatable bonds is 5. The van der Waals surface area contributed by atoms with Gasteiger partial charge in [0.15, 0.2) is 0 Å². The minimum Gasteiger partial charge on any atom is -0.467 e. The van der Waals surface area contributed by atoms with Crippen LogP contribution in [-0.2, 0) is 22.7 Å². The molecular weight excluding hydrogens is 429 g/mol. The Balaban J connectivity index is 1.62. The van der Waals surface area contributed by atoms with E-state index in [9.17, 15) is 14.4 Å². The molecule has 1 N–H and O–H groups in total. The average molecular weight is 444 g/mol. The van der Waals surface area contributed by atoms with Crippen LogP contribution in [0.5, 0.6) is 0 Å². The van der Waals surface area contributed by atoms with E-state index in [2.05, 4.69) is 5.32 Å². The number of hydrogen-bond acceptors (Lipinski definition) is 4. The first-order valence-corrected chi connectivity index (χ1v) is 9.68. The highest BCUT2D eigenvalue weighted by molar-refractivity contribution is 6.35. The number of halogens is 2. The summed E-state index contributed by atoms with van der Waals surface area (Å²) in [4.78, 5) is 38.2. The summed E-state index contributed by atoms with van der Waals surface area (Å²) >= 11 is 12.2. The highest BCUT2D eigenvalue weighted by Crippen LogP contribution is 2.23. The van der Waals surface area contributed by atoms with Gasteiger partial charge in [0.1, 0.15) is 11.3 Å². The number of barbiturate groups is 1. The van der Waals surface area contributed by atoms with Crippen molar-refractivity contribution in [3.63, 3.8) is 0 Å². The second-order valence-corrected chi connectivity index (χ2v) is 7.43. The first-order valence-electron chi connectivity index (χ1n) is 8.92. The van der Waals surface area contributed by atoms with E-state index in [4.69, 9.17) is 27.6 Å². The van der Waals surface area contributed by atoms with Gasteiger partial charge in [0.05, 0.1) is 12.8 Å². The molecule has 0 unspecified atom stereocenters. The zero-order chi connectivity index (χ0) is 21.3. The molecule has 4 rings (SSSR count). The van der Waals surface area contributed by atoms with E-state index in [-0.39, 0.29) is 12.1 Å². The Morgan fingerprint density at radius 3 is 2.60 bits per heavy atom. The molecule has 1 aliphatic heterocycles. The number of carbonyl (C=O) groups excluding carboxylic acids is 3. The molecule has 2 aromatic heterocycles. The second kappa shape index (κ2) is 8.22. The number of urea groups is 1. The van der Waals surface area contributed by atoms with Crippen LogP contribution in [0, 0.1) is 0 Å². The van der Waals surface area contributed by atoms with Crippen molar-refractivity contribution < 1.29 is 18.8 Å². The molecule has 152 valence electrons. The lowest BCUT2D eigenvalue weighted by molar-refractivity contribution is -0.130. The van der Waals surface area contributed by atoms with Gasteiger partial charge in [-0.2, -0.15) is 0 Å². The Labute approximate surface area is 181 Å². The van der Waals surface area contributed by atoms with E-state index in [1.807, 2.05) is 10.6 Å². The van der Waals surface area contributed by atoms with Gasteiger partial charge in [-0.1, -0.05) is 29.3 Å². The zero-order valence-electron chi connectivity index (χ0n) is 15.5. The van der Waals surface area contributed by atoms with Gasteiger partial charge in [-0.3, -0.25) is 19.8 Å². The van der Waals surface area contributed by atoms with Gasteiger partial charge >= 0.3 is 6.03 Å². The number of benzene rings is 1. The number of hydrogen-bond donors (Lipinski definition) is 1. The third-order valence-corrected chi connectivity index (χ3v) is 5.18. The standard InChI is InChI=1S/C21H15Cl2N3O4/c22-14-6-5-13(18(23)9-14)11-25-7-1-3-15(25)10-17-19(27)24-21(29)26(20(17)28)12-16-4-2-8-30-16/h1-10H,11-12H2,(H,24,27,29)/b17-10-. The number of nitrogens with one attached hydrogen (secondary N) is 1. The topological polar surface area (TPSA) is 84.6 Å². The van der Waals surface area contributed by atoms with Gasteiger partial charge in [0.25, 0.3) is 11.8 Å². The third kappa shape index (κ3) is 4.03. The van der Waals surface area contributed by atoms with E-state index in [0.29, 0.717) is 28.0 Å². The van der Waals surface area contributed by atoms with Crippen LogP contribution >= 0.6 is 23.2 Å². The van der Waals surface area contributed by atoms with E-state index >= 15 is 0 Å². The molecule has 0 saturated carbocycles. The van der Waals surface area contributed by atoms with Crippen molar-refractivity contribution in [1.82, 2.24) is 14.8 Å². The van der Waals surface area contributed by atoms with Crippen molar-refractivity contribution in [2.75, 3.05) is 0 Å². The predicted octanol–water partition coefficient (Wildman–Crippen LogP) is 4.10. The van der Waals surface area contributed by atoms with Crippen LogP contribution in [-0.4, -0.2) is 27.3 Å². The predicted molar refractivity (Wildman–Crippen MR) is 111 cm³/mol. The molecule has 0 radical (unpaired) electrons. The van der Waals surface area contributed by atoms with Crippen LogP contribution in [0.15, 0.2) is 64.9 Å². The molecule has 3 aromatic rings. The Morgan fingerprint density at radius 2 is 1.87 bits per heavy atom. The van der Waals surface area contributed by atoms with Gasteiger partial charge in [-0.15, -0.1) is 0 Å². The minimum absolute atomic E-state index is 0.0797. The van der Waals surface area contributed by atoms with Crippen LogP contribution in [0.25, 0.3) is 6.08 Å². The molecule has 7 nitrogen and oxygen atoms in total. The fourth-order valence-corrected chi connectivity index (χ4v) is 3.55. The molecule has 1 fully saturated rings. The number of furan rings is 1. The maximum absolute atomic E-state index is 12.8. The Morgan fingerprint density at radius 1 is 1.03 bits per heavy atom. The van der Waals surface area contributed by atoms with Crippen LogP contribution in [0.4, 0.5) is 4.79 Å². The smallest absolute Gasteiger partial charge is 0.331 e. The van der Waals surface area contributed by atoms with E-state index in [1.165, 1.54) is 12.3 Å². The average Bonchev–Trinajstić information content (AvgIpc) is 3.36. The fourth-order valence-electron chi connectivity index (χ4n) is 3.08. The molecule has 1 aromatic carbocycles. The number of carbonyl (C=O) groups is 3. The largest absolute Gasteiger partial charge is 0.467 e. The fraction of sp³-hybridized carbons (Fsp3) is 0.0952. The van der Waals surface area contributed by atoms with Crippen molar-refractivity contribution in [2.45, 2.75) is 13.1 Å². The summed E-state index contributed by atoms with van der Waals surface area (Å²) in [6, 6.07) is 11.2. The maximum atomic E-state index is 12.8. The lowest BCUT2D eigenvalue weighted by atomic mass is 10.1. The molecule has 0 spiro atoms. The lowest BCUT2D eigenvalue weighted by Gasteiger charge is -2.25. The normalized spacial score (nSPS) is 15.7.